The predicted molar refractivity (Wildman–Crippen MR) is 147 cm³/mol. The minimum atomic E-state index is -0.533. The van der Waals surface area contributed by atoms with E-state index in [1.807, 2.05) is 65.6 Å². The molecular weight excluding hydrogens is 460 g/mol. The summed E-state index contributed by atoms with van der Waals surface area (Å²) < 4.78 is 5.40. The number of amides is 2. The van der Waals surface area contributed by atoms with Crippen molar-refractivity contribution in [1.29, 1.82) is 0 Å². The summed E-state index contributed by atoms with van der Waals surface area (Å²) in [5.41, 5.74) is 4.36. The van der Waals surface area contributed by atoms with Crippen LogP contribution < -0.4 is 10.1 Å². The summed E-state index contributed by atoms with van der Waals surface area (Å²) in [5.74, 6) is 0.563. The van der Waals surface area contributed by atoms with Crippen LogP contribution in [0.5, 0.6) is 5.75 Å². The standard InChI is InChI=1S/C32H36N2O3/c1-21(2)22-13-17-24(18-14-22)33-31(35)29-27-11-7-8-12-28(27)32(36)34(25-9-5-4-6-10-25)30(29)23-15-19-26(37-3)20-16-23/h7-8,11-21,25,29-30H,4-6,9-10H2,1-3H3,(H,33,35)/t29-,30+/m0/s1. The van der Waals surface area contributed by atoms with E-state index in [1.165, 1.54) is 12.0 Å². The van der Waals surface area contributed by atoms with Crippen LogP contribution >= 0.6 is 0 Å². The average molecular weight is 497 g/mol. The molecule has 1 aliphatic carbocycles. The van der Waals surface area contributed by atoms with Gasteiger partial charge in [-0.2, -0.15) is 0 Å². The summed E-state index contributed by atoms with van der Waals surface area (Å²) in [6.07, 6.45) is 5.32. The van der Waals surface area contributed by atoms with Gasteiger partial charge in [0.1, 0.15) is 5.75 Å². The molecule has 3 aromatic rings. The molecule has 2 amide bonds. The van der Waals surface area contributed by atoms with Crippen LogP contribution in [0.3, 0.4) is 0 Å². The fourth-order valence-corrected chi connectivity index (χ4v) is 5.92. The predicted octanol–water partition coefficient (Wildman–Crippen LogP) is 7.07. The lowest BCUT2D eigenvalue weighted by atomic mass is 9.77. The van der Waals surface area contributed by atoms with Crippen LogP contribution in [0.15, 0.2) is 72.8 Å². The van der Waals surface area contributed by atoms with Crippen molar-refractivity contribution in [2.75, 3.05) is 12.4 Å². The maximum atomic E-state index is 14.1. The second-order valence-electron chi connectivity index (χ2n) is 10.6. The van der Waals surface area contributed by atoms with E-state index in [0.29, 0.717) is 11.5 Å². The Morgan fingerprint density at radius 1 is 0.919 bits per heavy atom. The van der Waals surface area contributed by atoms with E-state index >= 15 is 0 Å². The number of anilines is 1. The van der Waals surface area contributed by atoms with Gasteiger partial charge in [-0.3, -0.25) is 9.59 Å². The number of methoxy groups -OCH3 is 1. The van der Waals surface area contributed by atoms with E-state index < -0.39 is 12.0 Å². The lowest BCUT2D eigenvalue weighted by Gasteiger charge is -2.46. The van der Waals surface area contributed by atoms with Crippen LogP contribution in [-0.2, 0) is 4.79 Å². The molecule has 5 nitrogen and oxygen atoms in total. The van der Waals surface area contributed by atoms with Gasteiger partial charge in [0, 0.05) is 17.3 Å². The number of nitrogens with one attached hydrogen (secondary N) is 1. The molecule has 0 aromatic heterocycles. The van der Waals surface area contributed by atoms with Crippen LogP contribution in [0, 0.1) is 0 Å². The Bertz CT molecular complexity index is 1240. The van der Waals surface area contributed by atoms with Crippen molar-refractivity contribution < 1.29 is 14.3 Å². The molecule has 1 heterocycles. The average Bonchev–Trinajstić information content (AvgIpc) is 2.93. The Morgan fingerprint density at radius 2 is 1.59 bits per heavy atom. The van der Waals surface area contributed by atoms with Gasteiger partial charge >= 0.3 is 0 Å². The zero-order valence-corrected chi connectivity index (χ0v) is 21.9. The highest BCUT2D eigenvalue weighted by Crippen LogP contribution is 2.46. The van der Waals surface area contributed by atoms with Gasteiger partial charge in [0.2, 0.25) is 5.91 Å². The third kappa shape index (κ3) is 5.00. The number of hydrogen-bond acceptors (Lipinski definition) is 3. The Kier molecular flexibility index (Phi) is 7.31. The lowest BCUT2D eigenvalue weighted by Crippen LogP contribution is -2.51. The highest BCUT2D eigenvalue weighted by molar-refractivity contribution is 6.04. The normalized spacial score (nSPS) is 20.0. The first kappa shape index (κ1) is 25.1. The quantitative estimate of drug-likeness (QED) is 0.397. The molecule has 0 saturated heterocycles. The van der Waals surface area contributed by atoms with Crippen molar-refractivity contribution >= 4 is 17.5 Å². The van der Waals surface area contributed by atoms with Crippen LogP contribution in [0.25, 0.3) is 0 Å². The molecule has 0 radical (unpaired) electrons. The fourth-order valence-electron chi connectivity index (χ4n) is 5.92. The number of nitrogens with zero attached hydrogens (tertiary/aromatic N) is 1. The molecule has 1 N–H and O–H groups in total. The van der Waals surface area contributed by atoms with Crippen molar-refractivity contribution in [2.24, 2.45) is 0 Å². The summed E-state index contributed by atoms with van der Waals surface area (Å²) >= 11 is 0. The molecule has 5 rings (SSSR count). The molecule has 2 atom stereocenters. The van der Waals surface area contributed by atoms with Crippen LogP contribution in [0.4, 0.5) is 5.69 Å². The van der Waals surface area contributed by atoms with E-state index in [-0.39, 0.29) is 17.9 Å². The van der Waals surface area contributed by atoms with E-state index in [4.69, 9.17) is 4.74 Å². The van der Waals surface area contributed by atoms with Gasteiger partial charge in [-0.15, -0.1) is 0 Å². The van der Waals surface area contributed by atoms with Crippen molar-refractivity contribution in [3.63, 3.8) is 0 Å². The zero-order chi connectivity index (χ0) is 25.9. The summed E-state index contributed by atoms with van der Waals surface area (Å²) in [4.78, 5) is 30.2. The van der Waals surface area contributed by atoms with E-state index in [2.05, 4.69) is 31.3 Å². The summed E-state index contributed by atoms with van der Waals surface area (Å²) in [6, 6.07) is 23.2. The molecule has 2 aliphatic rings. The second-order valence-corrected chi connectivity index (χ2v) is 10.6. The molecule has 3 aromatic carbocycles. The van der Waals surface area contributed by atoms with Crippen LogP contribution in [0.1, 0.15) is 90.9 Å². The molecule has 0 unspecified atom stereocenters. The third-order valence-electron chi connectivity index (χ3n) is 7.93. The molecule has 1 saturated carbocycles. The van der Waals surface area contributed by atoms with Gasteiger partial charge in [0.25, 0.3) is 5.91 Å². The van der Waals surface area contributed by atoms with Crippen molar-refractivity contribution in [3.05, 3.63) is 95.1 Å². The number of carbonyl (C=O) groups excluding carboxylic acids is 2. The number of carbonyl (C=O) groups is 2. The van der Waals surface area contributed by atoms with Crippen LogP contribution in [0.2, 0.25) is 0 Å². The van der Waals surface area contributed by atoms with Gasteiger partial charge in [0.05, 0.1) is 19.1 Å². The van der Waals surface area contributed by atoms with Crippen LogP contribution in [-0.4, -0.2) is 29.9 Å². The number of rotatable bonds is 6. The highest BCUT2D eigenvalue weighted by Gasteiger charge is 2.46. The smallest absolute Gasteiger partial charge is 0.254 e. The monoisotopic (exact) mass is 496 g/mol. The molecule has 5 heteroatoms. The minimum Gasteiger partial charge on any atom is -0.497 e. The highest BCUT2D eigenvalue weighted by atomic mass is 16.5. The Balaban J connectivity index is 1.59. The number of fused-ring (bicyclic) bond motifs is 1. The lowest BCUT2D eigenvalue weighted by molar-refractivity contribution is -0.119. The zero-order valence-electron chi connectivity index (χ0n) is 21.9. The van der Waals surface area contributed by atoms with Crippen molar-refractivity contribution in [3.8, 4) is 5.75 Å². The maximum Gasteiger partial charge on any atom is 0.254 e. The largest absolute Gasteiger partial charge is 0.497 e. The van der Waals surface area contributed by atoms with Crippen molar-refractivity contribution in [1.82, 2.24) is 4.90 Å². The molecular formula is C32H36N2O3. The SMILES string of the molecule is COc1ccc([C@@H]2[C@@H](C(=O)Nc3ccc(C(C)C)cc3)c3ccccc3C(=O)N2C2CCCCC2)cc1. The first-order valence-electron chi connectivity index (χ1n) is 13.4. The first-order chi connectivity index (χ1) is 18.0. The van der Waals surface area contributed by atoms with Gasteiger partial charge in [-0.25, -0.2) is 0 Å². The molecule has 0 bridgehead atoms. The number of benzene rings is 3. The minimum absolute atomic E-state index is 0.0219. The second kappa shape index (κ2) is 10.8. The summed E-state index contributed by atoms with van der Waals surface area (Å²) in [6.45, 7) is 4.31. The van der Waals surface area contributed by atoms with E-state index in [1.54, 1.807) is 7.11 Å². The summed E-state index contributed by atoms with van der Waals surface area (Å²) in [7, 11) is 1.64. The fraction of sp³-hybridized carbons (Fsp3) is 0.375. The number of hydrogen-bond donors (Lipinski definition) is 1. The van der Waals surface area contributed by atoms with E-state index in [0.717, 1.165) is 48.2 Å². The molecule has 0 spiro atoms. The summed E-state index contributed by atoms with van der Waals surface area (Å²) in [5, 5.41) is 3.18. The molecule has 1 fully saturated rings. The maximum absolute atomic E-state index is 14.1. The van der Waals surface area contributed by atoms with E-state index in [9.17, 15) is 9.59 Å². The van der Waals surface area contributed by atoms with Gasteiger partial charge in [-0.1, -0.05) is 75.6 Å². The Hall–Kier alpha value is -3.60. The van der Waals surface area contributed by atoms with Gasteiger partial charge in [-0.05, 0) is 65.8 Å². The molecule has 37 heavy (non-hydrogen) atoms. The number of ether oxygens (including phenoxy) is 1. The first-order valence-corrected chi connectivity index (χ1v) is 13.4. The Morgan fingerprint density at radius 3 is 2.24 bits per heavy atom. The third-order valence-corrected chi connectivity index (χ3v) is 7.93. The van der Waals surface area contributed by atoms with Crippen molar-refractivity contribution in [2.45, 2.75) is 69.9 Å². The molecule has 192 valence electrons. The molecule has 1 aliphatic heterocycles. The van der Waals surface area contributed by atoms with Gasteiger partial charge in [0.15, 0.2) is 0 Å². The topological polar surface area (TPSA) is 58.6 Å². The van der Waals surface area contributed by atoms with Gasteiger partial charge < -0.3 is 15.0 Å². The Labute approximate surface area is 219 Å².